The number of ether oxygens (including phenoxy) is 1. The van der Waals surface area contributed by atoms with Crippen LogP contribution in [-0.4, -0.2) is 23.2 Å². The molecule has 0 radical (unpaired) electrons. The van der Waals surface area contributed by atoms with E-state index in [2.05, 4.69) is 32.5 Å². The van der Waals surface area contributed by atoms with E-state index in [-0.39, 0.29) is 0 Å². The zero-order valence-electron chi connectivity index (χ0n) is 14.8. The Hall–Kier alpha value is 0.310. The maximum absolute atomic E-state index is 5.29. The Balaban J connectivity index is 1.78. The Morgan fingerprint density at radius 2 is 1.33 bits per heavy atom. The van der Waals surface area contributed by atoms with Crippen LogP contribution in [0.1, 0.15) is 97.8 Å². The number of hydrogen-bond donors (Lipinski definition) is 0. The molecule has 0 saturated carbocycles. The fourth-order valence-electron chi connectivity index (χ4n) is 2.77. The van der Waals surface area contributed by atoms with Crippen molar-refractivity contribution in [1.82, 2.24) is 0 Å². The van der Waals surface area contributed by atoms with Crippen molar-refractivity contribution in [2.45, 2.75) is 109 Å². The topological polar surface area (TPSA) is 12.5 Å². The summed E-state index contributed by atoms with van der Waals surface area (Å²) in [5.41, 5.74) is 0. The third kappa shape index (κ3) is 12.5. The fourth-order valence-corrected chi connectivity index (χ4v) is 3.89. The summed E-state index contributed by atoms with van der Waals surface area (Å²) in [6.07, 6.45) is 17.8. The second kappa shape index (κ2) is 11.8. The fraction of sp³-hybridized carbons (Fsp3) is 1.00. The van der Waals surface area contributed by atoms with Gasteiger partial charge in [-0.2, -0.15) is 11.8 Å². The predicted molar refractivity (Wildman–Crippen MR) is 97.4 cm³/mol. The zero-order chi connectivity index (χ0) is 15.4. The van der Waals surface area contributed by atoms with E-state index in [1.165, 1.54) is 82.8 Å². The van der Waals surface area contributed by atoms with Gasteiger partial charge in [0.25, 0.3) is 0 Å². The van der Waals surface area contributed by atoms with E-state index >= 15 is 0 Å². The highest BCUT2D eigenvalue weighted by Gasteiger charge is 2.26. The van der Waals surface area contributed by atoms with Crippen LogP contribution in [0.4, 0.5) is 0 Å². The lowest BCUT2D eigenvalue weighted by atomic mass is 10.0. The van der Waals surface area contributed by atoms with Gasteiger partial charge in [0, 0.05) is 10.5 Å². The average molecular weight is 315 g/mol. The van der Waals surface area contributed by atoms with E-state index in [9.17, 15) is 0 Å². The Labute approximate surface area is 138 Å². The summed E-state index contributed by atoms with van der Waals surface area (Å²) in [5, 5.41) is 0. The van der Waals surface area contributed by atoms with E-state index in [1.54, 1.807) is 0 Å². The molecule has 0 aromatic carbocycles. The lowest BCUT2D eigenvalue weighted by molar-refractivity contribution is 0.425. The average Bonchev–Trinajstić information content (AvgIpc) is 3.27. The van der Waals surface area contributed by atoms with Gasteiger partial charge in [-0.25, -0.2) is 0 Å². The van der Waals surface area contributed by atoms with Gasteiger partial charge in [0.1, 0.15) is 0 Å². The van der Waals surface area contributed by atoms with E-state index in [0.717, 1.165) is 6.61 Å². The minimum absolute atomic E-state index is 0.450. The van der Waals surface area contributed by atoms with Crippen molar-refractivity contribution in [3.05, 3.63) is 0 Å². The Morgan fingerprint density at radius 3 is 1.81 bits per heavy atom. The molecule has 1 saturated heterocycles. The lowest BCUT2D eigenvalue weighted by Gasteiger charge is -2.23. The molecule has 0 aliphatic carbocycles. The Bertz CT molecular complexity index is 236. The summed E-state index contributed by atoms with van der Waals surface area (Å²) in [5.74, 6) is 1.20. The first-order valence-electron chi connectivity index (χ1n) is 9.39. The van der Waals surface area contributed by atoms with Gasteiger partial charge in [-0.15, -0.1) is 0 Å². The minimum Gasteiger partial charge on any atom is -0.372 e. The van der Waals surface area contributed by atoms with Gasteiger partial charge in [0.05, 0.1) is 12.7 Å². The summed E-state index contributed by atoms with van der Waals surface area (Å²) >= 11 is 2.11. The molecule has 1 aliphatic rings. The number of epoxide rings is 1. The second-order valence-corrected chi connectivity index (χ2v) is 9.04. The summed E-state index contributed by atoms with van der Waals surface area (Å²) in [6.45, 7) is 8.09. The molecular formula is C19H38OS. The van der Waals surface area contributed by atoms with Crippen molar-refractivity contribution in [2.24, 2.45) is 0 Å². The van der Waals surface area contributed by atoms with Crippen LogP contribution in [0.15, 0.2) is 0 Å². The van der Waals surface area contributed by atoms with Gasteiger partial charge in [-0.05, 0) is 6.42 Å². The van der Waals surface area contributed by atoms with Gasteiger partial charge >= 0.3 is 0 Å². The molecule has 0 aromatic heterocycles. The van der Waals surface area contributed by atoms with Gasteiger partial charge < -0.3 is 4.74 Å². The standard InChI is InChI=1S/C19H38OS/c1-4-5-6-7-8-9-10-11-12-13-14-15-19(2,3)21-17-18-16-20-18/h18H,4-17H2,1-3H3. The minimum atomic E-state index is 0.450. The van der Waals surface area contributed by atoms with Crippen LogP contribution >= 0.6 is 11.8 Å². The van der Waals surface area contributed by atoms with Crippen LogP contribution in [0, 0.1) is 0 Å². The van der Waals surface area contributed by atoms with Crippen LogP contribution in [0.2, 0.25) is 0 Å². The molecule has 0 N–H and O–H groups in total. The van der Waals surface area contributed by atoms with Crippen molar-refractivity contribution in [3.63, 3.8) is 0 Å². The Morgan fingerprint density at radius 1 is 0.857 bits per heavy atom. The number of rotatable bonds is 15. The van der Waals surface area contributed by atoms with Crippen LogP contribution in [0.25, 0.3) is 0 Å². The van der Waals surface area contributed by atoms with Gasteiger partial charge in [-0.3, -0.25) is 0 Å². The molecule has 1 unspecified atom stereocenters. The maximum Gasteiger partial charge on any atom is 0.0900 e. The van der Waals surface area contributed by atoms with E-state index in [0.29, 0.717) is 10.9 Å². The summed E-state index contributed by atoms with van der Waals surface area (Å²) < 4.78 is 5.74. The smallest absolute Gasteiger partial charge is 0.0900 e. The SMILES string of the molecule is CCCCCCCCCCCCCC(C)(C)SCC1CO1. The molecule has 0 spiro atoms. The summed E-state index contributed by atoms with van der Waals surface area (Å²) in [6, 6.07) is 0. The third-order valence-electron chi connectivity index (χ3n) is 4.44. The predicted octanol–water partition coefficient (Wildman–Crippen LogP) is 6.60. The zero-order valence-corrected chi connectivity index (χ0v) is 15.6. The monoisotopic (exact) mass is 314 g/mol. The third-order valence-corrected chi connectivity index (χ3v) is 5.97. The Kier molecular flexibility index (Phi) is 10.9. The maximum atomic E-state index is 5.29. The van der Waals surface area contributed by atoms with E-state index in [4.69, 9.17) is 4.74 Å². The van der Waals surface area contributed by atoms with Gasteiger partial charge in [0.2, 0.25) is 0 Å². The molecule has 2 heteroatoms. The molecule has 1 heterocycles. The molecule has 21 heavy (non-hydrogen) atoms. The lowest BCUT2D eigenvalue weighted by Crippen LogP contribution is -2.16. The van der Waals surface area contributed by atoms with Crippen LogP contribution < -0.4 is 0 Å². The second-order valence-electron chi connectivity index (χ2n) is 7.31. The normalized spacial score (nSPS) is 18.1. The van der Waals surface area contributed by atoms with Crippen molar-refractivity contribution >= 4 is 11.8 Å². The van der Waals surface area contributed by atoms with E-state index < -0.39 is 0 Å². The molecular weight excluding hydrogens is 276 g/mol. The van der Waals surface area contributed by atoms with Crippen LogP contribution in [0.5, 0.6) is 0 Å². The van der Waals surface area contributed by atoms with Gasteiger partial charge in [0.15, 0.2) is 0 Å². The first-order valence-corrected chi connectivity index (χ1v) is 10.4. The highest BCUT2D eigenvalue weighted by Crippen LogP contribution is 2.33. The summed E-state index contributed by atoms with van der Waals surface area (Å²) in [7, 11) is 0. The van der Waals surface area contributed by atoms with Crippen LogP contribution in [-0.2, 0) is 4.74 Å². The van der Waals surface area contributed by atoms with Crippen molar-refractivity contribution in [3.8, 4) is 0 Å². The van der Waals surface area contributed by atoms with Crippen LogP contribution in [0.3, 0.4) is 0 Å². The number of thioether (sulfide) groups is 1. The van der Waals surface area contributed by atoms with Crippen molar-refractivity contribution in [2.75, 3.05) is 12.4 Å². The molecule has 126 valence electrons. The number of hydrogen-bond acceptors (Lipinski definition) is 2. The molecule has 0 amide bonds. The highest BCUT2D eigenvalue weighted by molar-refractivity contribution is 8.00. The first-order chi connectivity index (χ1) is 10.1. The highest BCUT2D eigenvalue weighted by atomic mass is 32.2. The first kappa shape index (κ1) is 19.4. The largest absolute Gasteiger partial charge is 0.372 e. The molecule has 1 aliphatic heterocycles. The number of unbranched alkanes of at least 4 members (excludes halogenated alkanes) is 10. The van der Waals surface area contributed by atoms with Gasteiger partial charge in [-0.1, -0.05) is 91.4 Å². The van der Waals surface area contributed by atoms with E-state index in [1.807, 2.05) is 0 Å². The molecule has 1 nitrogen and oxygen atoms in total. The van der Waals surface area contributed by atoms with Crippen molar-refractivity contribution in [1.29, 1.82) is 0 Å². The summed E-state index contributed by atoms with van der Waals surface area (Å²) in [4.78, 5) is 0. The molecule has 0 bridgehead atoms. The molecule has 1 fully saturated rings. The quantitative estimate of drug-likeness (QED) is 0.249. The van der Waals surface area contributed by atoms with Crippen molar-refractivity contribution < 1.29 is 4.74 Å². The molecule has 1 rings (SSSR count). The molecule has 1 atom stereocenters. The molecule has 0 aromatic rings.